The zero-order chi connectivity index (χ0) is 16.0. The minimum atomic E-state index is -0.510. The predicted octanol–water partition coefficient (Wildman–Crippen LogP) is 4.03. The highest BCUT2D eigenvalue weighted by Gasteiger charge is 2.20. The summed E-state index contributed by atoms with van der Waals surface area (Å²) in [4.78, 5) is 0. The fraction of sp³-hybridized carbons (Fsp3) is 0.647. The van der Waals surface area contributed by atoms with Crippen molar-refractivity contribution in [2.45, 2.75) is 65.0 Å². The Bertz CT molecular complexity index is 451. The van der Waals surface area contributed by atoms with E-state index in [0.29, 0.717) is 13.0 Å². The van der Waals surface area contributed by atoms with Gasteiger partial charge in [-0.05, 0) is 55.4 Å². The molecule has 120 valence electrons. The quantitative estimate of drug-likeness (QED) is 0.762. The molecule has 3 atom stereocenters. The van der Waals surface area contributed by atoms with Crippen LogP contribution in [0.3, 0.4) is 0 Å². The van der Waals surface area contributed by atoms with Crippen molar-refractivity contribution < 1.29 is 9.84 Å². The first-order chi connectivity index (χ1) is 9.90. The molecule has 0 aliphatic heterocycles. The molecule has 0 heterocycles. The molecule has 0 bridgehead atoms. The highest BCUT2D eigenvalue weighted by molar-refractivity contribution is 6.31. The van der Waals surface area contributed by atoms with Crippen molar-refractivity contribution in [1.29, 1.82) is 0 Å². The Kier molecular flexibility index (Phi) is 7.50. The lowest BCUT2D eigenvalue weighted by Crippen LogP contribution is -2.34. The summed E-state index contributed by atoms with van der Waals surface area (Å²) in [6, 6.07) is 3.75. The van der Waals surface area contributed by atoms with Crippen LogP contribution in [0.15, 0.2) is 12.1 Å². The van der Waals surface area contributed by atoms with E-state index in [-0.39, 0.29) is 12.0 Å². The maximum atomic E-state index is 10.1. The fourth-order valence-electron chi connectivity index (χ4n) is 2.33. The lowest BCUT2D eigenvalue weighted by atomic mass is 9.90. The van der Waals surface area contributed by atoms with Crippen molar-refractivity contribution in [1.82, 2.24) is 0 Å². The van der Waals surface area contributed by atoms with E-state index in [4.69, 9.17) is 22.1 Å². The standard InChI is InChI=1S/C17H28ClNO2/c1-5-7-21-17-9-12(4)14(18)10-13(17)11(3)8-16(20)15(19)6-2/h9-11,15-16,20H,5-8,19H2,1-4H3. The van der Waals surface area contributed by atoms with E-state index in [9.17, 15) is 5.11 Å². The van der Waals surface area contributed by atoms with Gasteiger partial charge < -0.3 is 15.6 Å². The summed E-state index contributed by atoms with van der Waals surface area (Å²) in [5.41, 5.74) is 7.95. The number of aliphatic hydroxyl groups excluding tert-OH is 1. The number of hydrogen-bond acceptors (Lipinski definition) is 3. The molecule has 0 fully saturated rings. The Labute approximate surface area is 133 Å². The van der Waals surface area contributed by atoms with E-state index in [0.717, 1.165) is 34.7 Å². The number of hydrogen-bond donors (Lipinski definition) is 2. The van der Waals surface area contributed by atoms with Gasteiger partial charge in [-0.25, -0.2) is 0 Å². The highest BCUT2D eigenvalue weighted by atomic mass is 35.5. The number of nitrogens with two attached hydrogens (primary N) is 1. The van der Waals surface area contributed by atoms with Crippen molar-refractivity contribution >= 4 is 11.6 Å². The largest absolute Gasteiger partial charge is 0.493 e. The number of ether oxygens (including phenoxy) is 1. The molecule has 0 saturated heterocycles. The zero-order valence-electron chi connectivity index (χ0n) is 13.5. The molecule has 0 aliphatic rings. The first kappa shape index (κ1) is 18.3. The molecule has 0 spiro atoms. The molecular formula is C17H28ClNO2. The van der Waals surface area contributed by atoms with E-state index in [1.54, 1.807) is 0 Å². The van der Waals surface area contributed by atoms with Crippen LogP contribution in [0.4, 0.5) is 0 Å². The van der Waals surface area contributed by atoms with Crippen LogP contribution in [0.1, 0.15) is 57.1 Å². The summed E-state index contributed by atoms with van der Waals surface area (Å²) >= 11 is 6.25. The summed E-state index contributed by atoms with van der Waals surface area (Å²) < 4.78 is 5.84. The molecule has 21 heavy (non-hydrogen) atoms. The Morgan fingerprint density at radius 2 is 2.00 bits per heavy atom. The summed E-state index contributed by atoms with van der Waals surface area (Å²) in [6.45, 7) is 8.79. The second kappa shape index (κ2) is 8.62. The fourth-order valence-corrected chi connectivity index (χ4v) is 2.50. The SMILES string of the molecule is CCCOc1cc(C)c(Cl)cc1C(C)CC(O)C(N)CC. The Balaban J connectivity index is 2.95. The number of rotatable bonds is 8. The minimum absolute atomic E-state index is 0.141. The third-order valence-electron chi connectivity index (χ3n) is 3.84. The molecule has 0 saturated carbocycles. The van der Waals surface area contributed by atoms with Crippen LogP contribution >= 0.6 is 11.6 Å². The van der Waals surface area contributed by atoms with Gasteiger partial charge in [-0.1, -0.05) is 32.4 Å². The van der Waals surface area contributed by atoms with Crippen LogP contribution in [-0.4, -0.2) is 23.9 Å². The van der Waals surface area contributed by atoms with E-state index in [2.05, 4.69) is 13.8 Å². The summed E-state index contributed by atoms with van der Waals surface area (Å²) in [5.74, 6) is 1.01. The van der Waals surface area contributed by atoms with Crippen molar-refractivity contribution in [3.63, 3.8) is 0 Å². The van der Waals surface area contributed by atoms with Crippen LogP contribution in [0.2, 0.25) is 5.02 Å². The maximum absolute atomic E-state index is 10.1. The van der Waals surface area contributed by atoms with Crippen molar-refractivity contribution in [3.8, 4) is 5.75 Å². The van der Waals surface area contributed by atoms with Gasteiger partial charge in [0.15, 0.2) is 0 Å². The Morgan fingerprint density at radius 3 is 2.57 bits per heavy atom. The average Bonchev–Trinajstić information content (AvgIpc) is 2.46. The summed E-state index contributed by atoms with van der Waals surface area (Å²) in [5, 5.41) is 10.9. The molecule has 3 nitrogen and oxygen atoms in total. The molecule has 1 aromatic rings. The molecule has 1 rings (SSSR count). The van der Waals surface area contributed by atoms with Gasteiger partial charge in [0.25, 0.3) is 0 Å². The van der Waals surface area contributed by atoms with Gasteiger partial charge in [0, 0.05) is 11.1 Å². The van der Waals surface area contributed by atoms with Crippen LogP contribution < -0.4 is 10.5 Å². The van der Waals surface area contributed by atoms with Gasteiger partial charge in [-0.3, -0.25) is 0 Å². The van der Waals surface area contributed by atoms with E-state index >= 15 is 0 Å². The smallest absolute Gasteiger partial charge is 0.123 e. The zero-order valence-corrected chi connectivity index (χ0v) is 14.3. The summed E-state index contributed by atoms with van der Waals surface area (Å²) in [6.07, 6.45) is 1.82. The van der Waals surface area contributed by atoms with Crippen molar-refractivity contribution in [3.05, 3.63) is 28.3 Å². The van der Waals surface area contributed by atoms with Crippen molar-refractivity contribution in [2.24, 2.45) is 5.73 Å². The van der Waals surface area contributed by atoms with Gasteiger partial charge in [-0.15, -0.1) is 0 Å². The van der Waals surface area contributed by atoms with Gasteiger partial charge in [0.05, 0.1) is 12.7 Å². The number of halogens is 1. The molecule has 4 heteroatoms. The number of aliphatic hydroxyl groups is 1. The van der Waals surface area contributed by atoms with Gasteiger partial charge >= 0.3 is 0 Å². The minimum Gasteiger partial charge on any atom is -0.493 e. The predicted molar refractivity (Wildman–Crippen MR) is 89.3 cm³/mol. The van der Waals surface area contributed by atoms with Crippen LogP contribution in [0.5, 0.6) is 5.75 Å². The molecule has 0 aromatic heterocycles. The molecule has 0 amide bonds. The molecule has 0 aliphatic carbocycles. The van der Waals surface area contributed by atoms with E-state index in [1.807, 2.05) is 26.0 Å². The average molecular weight is 314 g/mol. The Hall–Kier alpha value is -0.770. The molecule has 0 radical (unpaired) electrons. The number of benzene rings is 1. The third-order valence-corrected chi connectivity index (χ3v) is 4.25. The Morgan fingerprint density at radius 1 is 1.33 bits per heavy atom. The molecule has 3 N–H and O–H groups in total. The topological polar surface area (TPSA) is 55.5 Å². The second-order valence-corrected chi connectivity index (χ2v) is 6.17. The van der Waals surface area contributed by atoms with Gasteiger partial charge in [0.1, 0.15) is 5.75 Å². The van der Waals surface area contributed by atoms with Crippen LogP contribution in [-0.2, 0) is 0 Å². The van der Waals surface area contributed by atoms with Crippen LogP contribution in [0.25, 0.3) is 0 Å². The first-order valence-corrected chi connectivity index (χ1v) is 8.14. The number of aryl methyl sites for hydroxylation is 1. The molecule has 3 unspecified atom stereocenters. The lowest BCUT2D eigenvalue weighted by molar-refractivity contribution is 0.126. The van der Waals surface area contributed by atoms with Crippen molar-refractivity contribution in [2.75, 3.05) is 6.61 Å². The third kappa shape index (κ3) is 5.17. The highest BCUT2D eigenvalue weighted by Crippen LogP contribution is 2.34. The molecular weight excluding hydrogens is 286 g/mol. The normalized spacial score (nSPS) is 15.6. The first-order valence-electron chi connectivity index (χ1n) is 7.77. The second-order valence-electron chi connectivity index (χ2n) is 5.76. The lowest BCUT2D eigenvalue weighted by Gasteiger charge is -2.23. The molecule has 1 aromatic carbocycles. The van der Waals surface area contributed by atoms with E-state index < -0.39 is 6.10 Å². The van der Waals surface area contributed by atoms with Crippen LogP contribution in [0, 0.1) is 6.92 Å². The monoisotopic (exact) mass is 313 g/mol. The summed E-state index contributed by atoms with van der Waals surface area (Å²) in [7, 11) is 0. The van der Waals surface area contributed by atoms with Gasteiger partial charge in [-0.2, -0.15) is 0 Å². The maximum Gasteiger partial charge on any atom is 0.123 e. The van der Waals surface area contributed by atoms with Gasteiger partial charge in [0.2, 0.25) is 0 Å². The van der Waals surface area contributed by atoms with E-state index in [1.165, 1.54) is 0 Å².